The van der Waals surface area contributed by atoms with Gasteiger partial charge in [-0.25, -0.2) is 0 Å². The first-order valence-corrected chi connectivity index (χ1v) is 5.04. The van der Waals surface area contributed by atoms with Crippen LogP contribution in [-0.4, -0.2) is 42.3 Å². The van der Waals surface area contributed by atoms with Crippen molar-refractivity contribution in [3.8, 4) is 0 Å². The normalized spacial score (nSPS) is 37.8. The van der Waals surface area contributed by atoms with E-state index in [9.17, 15) is 0 Å². The van der Waals surface area contributed by atoms with Crippen molar-refractivity contribution in [1.82, 2.24) is 0 Å². The molecular formula is C8H14O4S. The van der Waals surface area contributed by atoms with E-state index in [0.29, 0.717) is 13.0 Å². The molecule has 4 nitrogen and oxygen atoms in total. The minimum absolute atomic E-state index is 0.0224. The van der Waals surface area contributed by atoms with E-state index in [-0.39, 0.29) is 30.5 Å². The molecule has 5 heteroatoms. The average molecular weight is 206 g/mol. The van der Waals surface area contributed by atoms with Crippen molar-refractivity contribution in [1.29, 1.82) is 0 Å². The maximum Gasteiger partial charge on any atom is 0.192 e. The quantitative estimate of drug-likeness (QED) is 0.480. The molecule has 4 unspecified atom stereocenters. The molecule has 0 saturated carbocycles. The number of hydrogen-bond acceptors (Lipinski definition) is 5. The van der Waals surface area contributed by atoms with Crippen LogP contribution in [-0.2, 0) is 14.2 Å². The van der Waals surface area contributed by atoms with Gasteiger partial charge in [-0.15, -0.1) is 0 Å². The Hall–Kier alpha value is 0.190. The molecule has 2 aliphatic heterocycles. The van der Waals surface area contributed by atoms with Gasteiger partial charge in [0.2, 0.25) is 0 Å². The van der Waals surface area contributed by atoms with Gasteiger partial charge in [-0.2, -0.15) is 12.6 Å². The number of aliphatic hydroxyl groups is 1. The standard InChI is InChI=1S/C8H14O4S/c9-3-1-5(13)2-4-10-7-6-8(11-6)12-7/h5-9,13H,1-4H2. The van der Waals surface area contributed by atoms with E-state index >= 15 is 0 Å². The highest BCUT2D eigenvalue weighted by molar-refractivity contribution is 7.80. The second-order valence-electron chi connectivity index (χ2n) is 3.30. The molecule has 4 atom stereocenters. The Morgan fingerprint density at radius 2 is 2.23 bits per heavy atom. The molecule has 2 saturated heterocycles. The molecule has 0 amide bonds. The van der Waals surface area contributed by atoms with Crippen LogP contribution in [0, 0.1) is 0 Å². The third-order valence-electron chi connectivity index (χ3n) is 2.21. The molecule has 2 fully saturated rings. The van der Waals surface area contributed by atoms with Gasteiger partial charge in [0.1, 0.15) is 0 Å². The van der Waals surface area contributed by atoms with Crippen molar-refractivity contribution >= 4 is 12.6 Å². The minimum atomic E-state index is -0.153. The monoisotopic (exact) mass is 206 g/mol. The molecule has 0 spiro atoms. The molecule has 1 N–H and O–H groups in total. The van der Waals surface area contributed by atoms with Crippen molar-refractivity contribution in [2.45, 2.75) is 36.8 Å². The molecule has 2 aliphatic rings. The van der Waals surface area contributed by atoms with Gasteiger partial charge in [-0.1, -0.05) is 0 Å². The van der Waals surface area contributed by atoms with Crippen LogP contribution in [0.1, 0.15) is 12.8 Å². The largest absolute Gasteiger partial charge is 0.396 e. The number of rotatable bonds is 6. The summed E-state index contributed by atoms with van der Waals surface area (Å²) in [5, 5.41) is 8.83. The first-order chi connectivity index (χ1) is 6.31. The van der Waals surface area contributed by atoms with Crippen LogP contribution in [0.5, 0.6) is 0 Å². The first kappa shape index (κ1) is 9.73. The van der Waals surface area contributed by atoms with Gasteiger partial charge < -0.3 is 19.3 Å². The Labute approximate surface area is 82.6 Å². The van der Waals surface area contributed by atoms with E-state index < -0.39 is 0 Å². The van der Waals surface area contributed by atoms with Gasteiger partial charge in [-0.05, 0) is 12.8 Å². The van der Waals surface area contributed by atoms with Crippen LogP contribution in [0.2, 0.25) is 0 Å². The van der Waals surface area contributed by atoms with Crippen molar-refractivity contribution < 1.29 is 19.3 Å². The van der Waals surface area contributed by atoms with Crippen LogP contribution in [0.3, 0.4) is 0 Å². The van der Waals surface area contributed by atoms with Crippen LogP contribution in [0.15, 0.2) is 0 Å². The number of epoxide rings is 1. The predicted octanol–water partition coefficient (Wildman–Crippen LogP) is 0.155. The third kappa shape index (κ3) is 2.35. The zero-order valence-electron chi connectivity index (χ0n) is 7.26. The Bertz CT molecular complexity index is 178. The Balaban J connectivity index is 1.48. The summed E-state index contributed by atoms with van der Waals surface area (Å²) in [6, 6.07) is 0. The summed E-state index contributed by atoms with van der Waals surface area (Å²) < 4.78 is 15.5. The van der Waals surface area contributed by atoms with Crippen molar-refractivity contribution in [2.75, 3.05) is 13.2 Å². The van der Waals surface area contributed by atoms with E-state index in [1.165, 1.54) is 0 Å². The highest BCUT2D eigenvalue weighted by atomic mass is 32.1. The smallest absolute Gasteiger partial charge is 0.192 e. The SMILES string of the molecule is OCCC(S)CCOC1OC2OC12. The topological polar surface area (TPSA) is 51.2 Å². The second-order valence-corrected chi connectivity index (χ2v) is 4.03. The molecule has 0 aromatic carbocycles. The number of thiol groups is 1. The summed E-state index contributed by atoms with van der Waals surface area (Å²) in [5.41, 5.74) is 0. The average Bonchev–Trinajstić information content (AvgIpc) is 2.71. The van der Waals surface area contributed by atoms with E-state index in [4.69, 9.17) is 19.3 Å². The molecular weight excluding hydrogens is 192 g/mol. The van der Waals surface area contributed by atoms with Crippen molar-refractivity contribution in [2.24, 2.45) is 0 Å². The predicted molar refractivity (Wildman–Crippen MR) is 48.6 cm³/mol. The zero-order chi connectivity index (χ0) is 9.26. The fourth-order valence-corrected chi connectivity index (χ4v) is 1.50. The lowest BCUT2D eigenvalue weighted by Gasteiger charge is -2.21. The first-order valence-electron chi connectivity index (χ1n) is 4.52. The molecule has 0 aromatic rings. The summed E-state index contributed by atoms with van der Waals surface area (Å²) in [5.74, 6) is 0. The fraction of sp³-hybridized carbons (Fsp3) is 1.00. The number of fused-ring (bicyclic) bond motifs is 1. The molecule has 2 rings (SSSR count). The molecule has 13 heavy (non-hydrogen) atoms. The van der Waals surface area contributed by atoms with Crippen molar-refractivity contribution in [3.05, 3.63) is 0 Å². The van der Waals surface area contributed by atoms with Gasteiger partial charge in [-0.3, -0.25) is 0 Å². The molecule has 0 radical (unpaired) electrons. The summed E-state index contributed by atoms with van der Waals surface area (Å²) in [7, 11) is 0. The molecule has 0 aromatic heterocycles. The van der Waals surface area contributed by atoms with Gasteiger partial charge >= 0.3 is 0 Å². The molecule has 0 bridgehead atoms. The Kier molecular flexibility index (Phi) is 3.10. The second kappa shape index (κ2) is 4.14. The minimum Gasteiger partial charge on any atom is -0.396 e. The van der Waals surface area contributed by atoms with Crippen LogP contribution < -0.4 is 0 Å². The van der Waals surface area contributed by atoms with Gasteiger partial charge in [0, 0.05) is 11.9 Å². The summed E-state index contributed by atoms with van der Waals surface area (Å²) in [6.45, 7) is 0.799. The lowest BCUT2D eigenvalue weighted by molar-refractivity contribution is -0.202. The van der Waals surface area contributed by atoms with Crippen LogP contribution in [0.25, 0.3) is 0 Å². The summed E-state index contributed by atoms with van der Waals surface area (Å²) in [4.78, 5) is 0. The van der Waals surface area contributed by atoms with E-state index in [0.717, 1.165) is 6.42 Å². The highest BCUT2D eigenvalue weighted by Gasteiger charge is 2.59. The summed E-state index contributed by atoms with van der Waals surface area (Å²) >= 11 is 4.28. The van der Waals surface area contributed by atoms with E-state index in [1.54, 1.807) is 0 Å². The van der Waals surface area contributed by atoms with Gasteiger partial charge in [0.15, 0.2) is 18.7 Å². The summed E-state index contributed by atoms with van der Waals surface area (Å²) in [6.07, 6.45) is 1.60. The maximum absolute atomic E-state index is 8.62. The highest BCUT2D eigenvalue weighted by Crippen LogP contribution is 2.40. The lowest BCUT2D eigenvalue weighted by Crippen LogP contribution is -2.36. The number of aliphatic hydroxyl groups excluding tert-OH is 1. The number of ether oxygens (including phenoxy) is 3. The maximum atomic E-state index is 8.62. The van der Waals surface area contributed by atoms with E-state index in [2.05, 4.69) is 12.6 Å². The number of hydrogen-bond donors (Lipinski definition) is 2. The van der Waals surface area contributed by atoms with Gasteiger partial charge in [0.25, 0.3) is 0 Å². The van der Waals surface area contributed by atoms with Gasteiger partial charge in [0.05, 0.1) is 6.61 Å². The molecule has 0 aliphatic carbocycles. The van der Waals surface area contributed by atoms with Crippen LogP contribution >= 0.6 is 12.6 Å². The fourth-order valence-electron chi connectivity index (χ4n) is 1.28. The lowest BCUT2D eigenvalue weighted by atomic mass is 10.2. The van der Waals surface area contributed by atoms with E-state index in [1.807, 2.05) is 0 Å². The Morgan fingerprint density at radius 1 is 1.38 bits per heavy atom. The van der Waals surface area contributed by atoms with Crippen molar-refractivity contribution in [3.63, 3.8) is 0 Å². The molecule has 76 valence electrons. The zero-order valence-corrected chi connectivity index (χ0v) is 8.15. The molecule has 2 heterocycles. The third-order valence-corrected chi connectivity index (χ3v) is 2.73. The Morgan fingerprint density at radius 3 is 2.77 bits per heavy atom. The van der Waals surface area contributed by atoms with Crippen LogP contribution in [0.4, 0.5) is 0 Å².